The summed E-state index contributed by atoms with van der Waals surface area (Å²) in [5, 5.41) is 18.1. The second-order valence-corrected chi connectivity index (χ2v) is 6.34. The maximum Gasteiger partial charge on any atom is 0.0262 e. The molecule has 0 radical (unpaired) electrons. The number of hydrogen-bond acceptors (Lipinski definition) is 2. The van der Waals surface area contributed by atoms with Crippen LogP contribution in [0.2, 0.25) is 0 Å². The molecule has 2 aromatic rings. The molecule has 2 nitrogen and oxygen atoms in total. The van der Waals surface area contributed by atoms with Crippen molar-refractivity contribution >= 4 is 16.8 Å². The van der Waals surface area contributed by atoms with Gasteiger partial charge >= 0.3 is 0 Å². The second-order valence-electron chi connectivity index (χ2n) is 6.34. The van der Waals surface area contributed by atoms with Crippen molar-refractivity contribution in [2.75, 3.05) is 0 Å². The van der Waals surface area contributed by atoms with Gasteiger partial charge in [0, 0.05) is 12.1 Å². The molecule has 1 aliphatic carbocycles. The number of allylic oxidation sites excluding steroid dienone is 1. The van der Waals surface area contributed by atoms with Crippen molar-refractivity contribution in [2.24, 2.45) is 5.92 Å². The molecule has 2 heteroatoms. The first-order chi connectivity index (χ1) is 10.8. The van der Waals surface area contributed by atoms with E-state index in [9.17, 15) is 5.11 Å². The zero-order valence-electron chi connectivity index (χ0n) is 12.5. The zero-order chi connectivity index (χ0) is 14.9. The average Bonchev–Trinajstić information content (AvgIpc) is 2.97. The van der Waals surface area contributed by atoms with Crippen LogP contribution < -0.4 is 10.4 Å². The number of nitrogens with one attached hydrogen (secondary N) is 1. The van der Waals surface area contributed by atoms with Crippen LogP contribution in [0, 0.1) is 5.92 Å². The molecule has 1 N–H and O–H groups in total. The van der Waals surface area contributed by atoms with Gasteiger partial charge in [-0.2, -0.15) is 0 Å². The highest BCUT2D eigenvalue weighted by atomic mass is 16.3. The van der Waals surface area contributed by atoms with E-state index in [1.54, 1.807) is 6.07 Å². The first-order valence-corrected chi connectivity index (χ1v) is 8.11. The summed E-state index contributed by atoms with van der Waals surface area (Å²) in [6.45, 7) is 0. The minimum atomic E-state index is 0.102. The molecule has 1 heterocycles. The Hall–Kier alpha value is -2.06. The van der Waals surface area contributed by atoms with Crippen molar-refractivity contribution in [2.45, 2.75) is 31.3 Å². The lowest BCUT2D eigenvalue weighted by molar-refractivity contribution is -0.268. The quantitative estimate of drug-likeness (QED) is 0.857. The summed E-state index contributed by atoms with van der Waals surface area (Å²) in [4.78, 5) is 0. The van der Waals surface area contributed by atoms with Crippen molar-refractivity contribution < 1.29 is 5.11 Å². The third-order valence-electron chi connectivity index (χ3n) is 4.92. The number of hydrogen-bond donors (Lipinski definition) is 1. The first kappa shape index (κ1) is 13.6. The Morgan fingerprint density at radius 1 is 1.14 bits per heavy atom. The summed E-state index contributed by atoms with van der Waals surface area (Å²) < 4.78 is 0. The molecule has 0 saturated carbocycles. The maximum atomic E-state index is 12.2. The Balaban J connectivity index is 1.61. The Bertz CT molecular complexity index is 746. The maximum absolute atomic E-state index is 12.2. The summed E-state index contributed by atoms with van der Waals surface area (Å²) in [5.74, 6) is 0.757. The molecular formula is C20H20NO-. The zero-order valence-corrected chi connectivity index (χ0v) is 12.5. The monoisotopic (exact) mass is 290 g/mol. The molecular weight excluding hydrogens is 270 g/mol. The molecule has 4 rings (SSSR count). The van der Waals surface area contributed by atoms with E-state index in [2.05, 4.69) is 29.6 Å². The standard InChI is InChI=1S/C20H21NO/c22-20-12-9-14-5-1-3-7-17(14)18(20)11-10-16-13-15-6-2-4-8-19(15)21-16/h1-3,5-7,9-12,15-16,19,21-22H,4,8,13H2/p-1/b11-10-. The lowest BCUT2D eigenvalue weighted by Crippen LogP contribution is -2.31. The largest absolute Gasteiger partial charge is 0.872 e. The van der Waals surface area contributed by atoms with Crippen molar-refractivity contribution in [3.05, 3.63) is 60.2 Å². The van der Waals surface area contributed by atoms with E-state index in [-0.39, 0.29) is 5.75 Å². The van der Waals surface area contributed by atoms with Gasteiger partial charge in [0.15, 0.2) is 0 Å². The van der Waals surface area contributed by atoms with Crippen LogP contribution in [0.25, 0.3) is 16.8 Å². The molecule has 1 fully saturated rings. The van der Waals surface area contributed by atoms with Crippen molar-refractivity contribution in [1.82, 2.24) is 5.32 Å². The van der Waals surface area contributed by atoms with E-state index < -0.39 is 0 Å². The second kappa shape index (κ2) is 5.62. The summed E-state index contributed by atoms with van der Waals surface area (Å²) >= 11 is 0. The normalized spacial score (nSPS) is 27.5. The van der Waals surface area contributed by atoms with Gasteiger partial charge in [0.05, 0.1) is 0 Å². The Labute approximate surface area is 131 Å². The molecule has 0 aromatic heterocycles. The topological polar surface area (TPSA) is 35.1 Å². The van der Waals surface area contributed by atoms with Gasteiger partial charge in [-0.1, -0.05) is 60.7 Å². The number of rotatable bonds is 2. The highest BCUT2D eigenvalue weighted by Crippen LogP contribution is 2.31. The predicted octanol–water partition coefficient (Wildman–Crippen LogP) is 3.62. The SMILES string of the molecule is [O-]c1ccc2ccccc2c1/C=C\C1CC2C=CCCC2N1. The van der Waals surface area contributed by atoms with E-state index in [4.69, 9.17) is 0 Å². The van der Waals surface area contributed by atoms with Crippen LogP contribution in [-0.2, 0) is 0 Å². The van der Waals surface area contributed by atoms with Crippen LogP contribution in [-0.4, -0.2) is 12.1 Å². The molecule has 0 bridgehead atoms. The van der Waals surface area contributed by atoms with Crippen LogP contribution in [0.15, 0.2) is 54.6 Å². The van der Waals surface area contributed by atoms with E-state index >= 15 is 0 Å². The average molecular weight is 290 g/mol. The fourth-order valence-corrected chi connectivity index (χ4v) is 3.78. The Morgan fingerprint density at radius 2 is 2.05 bits per heavy atom. The van der Waals surface area contributed by atoms with Crippen molar-refractivity contribution in [3.63, 3.8) is 0 Å². The summed E-state index contributed by atoms with van der Waals surface area (Å²) in [6, 6.07) is 12.6. The molecule has 0 amide bonds. The first-order valence-electron chi connectivity index (χ1n) is 8.11. The molecule has 3 atom stereocenters. The van der Waals surface area contributed by atoms with Crippen LogP contribution in [0.3, 0.4) is 0 Å². The highest BCUT2D eigenvalue weighted by Gasteiger charge is 2.31. The van der Waals surface area contributed by atoms with Crippen LogP contribution in [0.1, 0.15) is 24.8 Å². The minimum Gasteiger partial charge on any atom is -0.872 e. The number of benzene rings is 2. The Kier molecular flexibility index (Phi) is 3.47. The molecule has 0 spiro atoms. The van der Waals surface area contributed by atoms with Gasteiger partial charge in [0.25, 0.3) is 0 Å². The van der Waals surface area contributed by atoms with Crippen molar-refractivity contribution in [3.8, 4) is 5.75 Å². The fourth-order valence-electron chi connectivity index (χ4n) is 3.78. The smallest absolute Gasteiger partial charge is 0.0262 e. The van der Waals surface area contributed by atoms with Crippen LogP contribution in [0.5, 0.6) is 5.75 Å². The lowest BCUT2D eigenvalue weighted by Gasteiger charge is -2.19. The van der Waals surface area contributed by atoms with Crippen molar-refractivity contribution in [1.29, 1.82) is 0 Å². The van der Waals surface area contributed by atoms with E-state index in [1.807, 2.05) is 30.3 Å². The van der Waals surface area contributed by atoms with Gasteiger partial charge in [-0.05, 0) is 41.5 Å². The lowest BCUT2D eigenvalue weighted by atomic mass is 9.91. The molecule has 3 unspecified atom stereocenters. The molecule has 1 saturated heterocycles. The summed E-state index contributed by atoms with van der Waals surface area (Å²) in [7, 11) is 0. The fraction of sp³-hybridized carbons (Fsp3) is 0.300. The van der Waals surface area contributed by atoms with Gasteiger partial charge in [0.1, 0.15) is 0 Å². The molecule has 1 aliphatic heterocycles. The van der Waals surface area contributed by atoms with Gasteiger partial charge in [-0.15, -0.1) is 5.75 Å². The van der Waals surface area contributed by atoms with Gasteiger partial charge in [0.2, 0.25) is 0 Å². The van der Waals surface area contributed by atoms with Gasteiger partial charge in [-0.25, -0.2) is 0 Å². The summed E-state index contributed by atoms with van der Waals surface area (Å²) in [6.07, 6.45) is 12.4. The van der Waals surface area contributed by atoms with E-state index in [0.29, 0.717) is 18.0 Å². The van der Waals surface area contributed by atoms with E-state index in [1.165, 1.54) is 12.8 Å². The van der Waals surface area contributed by atoms with Crippen LogP contribution >= 0.6 is 0 Å². The highest BCUT2D eigenvalue weighted by molar-refractivity contribution is 5.92. The van der Waals surface area contributed by atoms with Gasteiger partial charge in [-0.3, -0.25) is 0 Å². The molecule has 112 valence electrons. The third-order valence-corrected chi connectivity index (χ3v) is 4.92. The number of fused-ring (bicyclic) bond motifs is 2. The van der Waals surface area contributed by atoms with Crippen LogP contribution in [0.4, 0.5) is 0 Å². The molecule has 22 heavy (non-hydrogen) atoms. The minimum absolute atomic E-state index is 0.102. The predicted molar refractivity (Wildman–Crippen MR) is 89.6 cm³/mol. The third kappa shape index (κ3) is 2.44. The Morgan fingerprint density at radius 3 is 2.95 bits per heavy atom. The molecule has 2 aromatic carbocycles. The summed E-state index contributed by atoms with van der Waals surface area (Å²) in [5.41, 5.74) is 0.810. The van der Waals surface area contributed by atoms with Gasteiger partial charge < -0.3 is 10.4 Å². The molecule has 2 aliphatic rings. The van der Waals surface area contributed by atoms with E-state index in [0.717, 1.165) is 22.8 Å².